The molecule has 0 radical (unpaired) electrons. The fraction of sp³-hybridized carbons (Fsp3) is 0.476. The molecule has 1 aromatic heterocycles. The van der Waals surface area contributed by atoms with E-state index < -0.39 is 0 Å². The molecule has 1 unspecified atom stereocenters. The number of benzene rings is 1. The van der Waals surface area contributed by atoms with E-state index >= 15 is 0 Å². The van der Waals surface area contributed by atoms with E-state index in [1.165, 1.54) is 0 Å². The average Bonchev–Trinajstić information content (AvgIpc) is 3.30. The van der Waals surface area contributed by atoms with Gasteiger partial charge in [-0.2, -0.15) is 5.10 Å². The minimum atomic E-state index is -0.243. The van der Waals surface area contributed by atoms with Crippen molar-refractivity contribution in [1.29, 1.82) is 0 Å². The van der Waals surface area contributed by atoms with Crippen LogP contribution in [0.1, 0.15) is 30.3 Å². The standard InChI is InChI=1S/C21H26N4O3/c1-2-11-25-18(8-10-22-25)20(27)23-12-9-21(14-23)15-24(19(26)13-28-16-21)17-6-4-3-5-7-17/h3-8,10H,2,9,11-16H2,1H3. The summed E-state index contributed by atoms with van der Waals surface area (Å²) in [5, 5.41) is 4.27. The molecular formula is C21H26N4O3. The van der Waals surface area contributed by atoms with Crippen LogP contribution in [0.25, 0.3) is 0 Å². The predicted molar refractivity (Wildman–Crippen MR) is 105 cm³/mol. The smallest absolute Gasteiger partial charge is 0.272 e. The lowest BCUT2D eigenvalue weighted by atomic mass is 9.87. The number of aryl methyl sites for hydroxylation is 1. The van der Waals surface area contributed by atoms with E-state index in [2.05, 4.69) is 12.0 Å². The van der Waals surface area contributed by atoms with Crippen molar-refractivity contribution in [2.24, 2.45) is 5.41 Å². The van der Waals surface area contributed by atoms with Crippen LogP contribution in [0, 0.1) is 5.41 Å². The van der Waals surface area contributed by atoms with Gasteiger partial charge in [-0.1, -0.05) is 25.1 Å². The molecule has 0 aliphatic carbocycles. The van der Waals surface area contributed by atoms with Crippen molar-refractivity contribution in [2.45, 2.75) is 26.3 Å². The van der Waals surface area contributed by atoms with Gasteiger partial charge in [-0.3, -0.25) is 14.3 Å². The van der Waals surface area contributed by atoms with Gasteiger partial charge in [0.1, 0.15) is 12.3 Å². The molecule has 28 heavy (non-hydrogen) atoms. The second kappa shape index (κ2) is 7.75. The molecule has 0 bridgehead atoms. The SMILES string of the molecule is CCCn1nccc1C(=O)N1CCC2(COCC(=O)N(c3ccccc3)C2)C1. The summed E-state index contributed by atoms with van der Waals surface area (Å²) < 4.78 is 7.51. The number of aromatic nitrogens is 2. The first-order valence-corrected chi connectivity index (χ1v) is 9.86. The van der Waals surface area contributed by atoms with Crippen LogP contribution in [0.2, 0.25) is 0 Å². The predicted octanol–water partition coefficient (Wildman–Crippen LogP) is 2.19. The quantitative estimate of drug-likeness (QED) is 0.813. The highest BCUT2D eigenvalue weighted by Crippen LogP contribution is 2.35. The number of amides is 2. The third-order valence-corrected chi connectivity index (χ3v) is 5.59. The van der Waals surface area contributed by atoms with Crippen LogP contribution in [-0.4, -0.2) is 59.3 Å². The Balaban J connectivity index is 1.53. The molecule has 1 aromatic carbocycles. The molecule has 0 saturated carbocycles. The summed E-state index contributed by atoms with van der Waals surface area (Å²) in [7, 11) is 0. The zero-order valence-electron chi connectivity index (χ0n) is 16.2. The third-order valence-electron chi connectivity index (χ3n) is 5.59. The van der Waals surface area contributed by atoms with Gasteiger partial charge in [0.15, 0.2) is 0 Å². The maximum Gasteiger partial charge on any atom is 0.272 e. The number of carbonyl (C=O) groups is 2. The molecular weight excluding hydrogens is 356 g/mol. The van der Waals surface area contributed by atoms with E-state index in [9.17, 15) is 9.59 Å². The molecule has 2 amide bonds. The molecule has 1 atom stereocenters. The fourth-order valence-corrected chi connectivity index (χ4v) is 4.17. The first-order valence-electron chi connectivity index (χ1n) is 9.86. The summed E-state index contributed by atoms with van der Waals surface area (Å²) in [4.78, 5) is 29.3. The number of ether oxygens (including phenoxy) is 1. The number of hydrogen-bond acceptors (Lipinski definition) is 4. The maximum absolute atomic E-state index is 13.1. The Bertz CT molecular complexity index is 850. The van der Waals surface area contributed by atoms with Crippen LogP contribution in [0.5, 0.6) is 0 Å². The number of likely N-dealkylation sites (tertiary alicyclic amines) is 1. The molecule has 2 saturated heterocycles. The Morgan fingerprint density at radius 1 is 1.21 bits per heavy atom. The van der Waals surface area contributed by atoms with Gasteiger partial charge >= 0.3 is 0 Å². The lowest BCUT2D eigenvalue weighted by Crippen LogP contribution is -2.43. The van der Waals surface area contributed by atoms with Gasteiger partial charge in [-0.05, 0) is 31.0 Å². The van der Waals surface area contributed by atoms with Crippen molar-refractivity contribution in [3.8, 4) is 0 Å². The monoisotopic (exact) mass is 382 g/mol. The van der Waals surface area contributed by atoms with E-state index in [1.807, 2.05) is 40.1 Å². The number of anilines is 1. The molecule has 7 nitrogen and oxygen atoms in total. The topological polar surface area (TPSA) is 67.7 Å². The molecule has 3 heterocycles. The Kier molecular flexibility index (Phi) is 5.17. The Labute approximate surface area is 164 Å². The summed E-state index contributed by atoms with van der Waals surface area (Å²) >= 11 is 0. The highest BCUT2D eigenvalue weighted by atomic mass is 16.5. The van der Waals surface area contributed by atoms with Crippen LogP contribution in [0.3, 0.4) is 0 Å². The number of para-hydroxylation sites is 1. The Hall–Kier alpha value is -2.67. The highest BCUT2D eigenvalue weighted by Gasteiger charge is 2.44. The van der Waals surface area contributed by atoms with Crippen molar-refractivity contribution in [2.75, 3.05) is 37.7 Å². The summed E-state index contributed by atoms with van der Waals surface area (Å²) in [6.45, 7) is 5.17. The molecule has 2 aromatic rings. The normalized spacial score (nSPS) is 22.7. The molecule has 148 valence electrons. The molecule has 2 fully saturated rings. The fourth-order valence-electron chi connectivity index (χ4n) is 4.17. The van der Waals surface area contributed by atoms with Gasteiger partial charge in [0, 0.05) is 43.5 Å². The summed E-state index contributed by atoms with van der Waals surface area (Å²) in [5.41, 5.74) is 1.26. The molecule has 0 N–H and O–H groups in total. The minimum Gasteiger partial charge on any atom is -0.371 e. The van der Waals surface area contributed by atoms with Gasteiger partial charge < -0.3 is 14.5 Å². The summed E-state index contributed by atoms with van der Waals surface area (Å²) in [6, 6.07) is 11.5. The lowest BCUT2D eigenvalue weighted by molar-refractivity contribution is -0.122. The number of carbonyl (C=O) groups excluding carboxylic acids is 2. The Morgan fingerprint density at radius 3 is 2.82 bits per heavy atom. The first-order chi connectivity index (χ1) is 13.6. The van der Waals surface area contributed by atoms with Crippen molar-refractivity contribution in [1.82, 2.24) is 14.7 Å². The van der Waals surface area contributed by atoms with Crippen molar-refractivity contribution < 1.29 is 14.3 Å². The second-order valence-electron chi connectivity index (χ2n) is 7.72. The second-order valence-corrected chi connectivity index (χ2v) is 7.72. The maximum atomic E-state index is 13.1. The molecule has 2 aliphatic heterocycles. The van der Waals surface area contributed by atoms with Crippen LogP contribution in [0.4, 0.5) is 5.69 Å². The Morgan fingerprint density at radius 2 is 2.04 bits per heavy atom. The van der Waals surface area contributed by atoms with E-state index in [1.54, 1.807) is 16.9 Å². The van der Waals surface area contributed by atoms with Crippen molar-refractivity contribution in [3.63, 3.8) is 0 Å². The van der Waals surface area contributed by atoms with Crippen LogP contribution in [-0.2, 0) is 16.1 Å². The zero-order chi connectivity index (χ0) is 19.6. The van der Waals surface area contributed by atoms with Gasteiger partial charge in [0.2, 0.25) is 0 Å². The molecule has 1 spiro atoms. The third kappa shape index (κ3) is 3.54. The zero-order valence-corrected chi connectivity index (χ0v) is 16.2. The van der Waals surface area contributed by atoms with Gasteiger partial charge in [-0.15, -0.1) is 0 Å². The van der Waals surface area contributed by atoms with Crippen LogP contribution < -0.4 is 4.90 Å². The van der Waals surface area contributed by atoms with E-state index in [0.29, 0.717) is 31.9 Å². The molecule has 7 heteroatoms. The van der Waals surface area contributed by atoms with Crippen LogP contribution in [0.15, 0.2) is 42.6 Å². The molecule has 4 rings (SSSR count). The van der Waals surface area contributed by atoms with Gasteiger partial charge in [-0.25, -0.2) is 0 Å². The number of hydrogen-bond donors (Lipinski definition) is 0. The highest BCUT2D eigenvalue weighted by molar-refractivity contribution is 5.95. The summed E-state index contributed by atoms with van der Waals surface area (Å²) in [5.74, 6) is -0.0291. The minimum absolute atomic E-state index is 0.00431. The summed E-state index contributed by atoms with van der Waals surface area (Å²) in [6.07, 6.45) is 3.42. The first kappa shape index (κ1) is 18.7. The van der Waals surface area contributed by atoms with E-state index in [4.69, 9.17) is 4.74 Å². The number of nitrogens with zero attached hydrogens (tertiary/aromatic N) is 4. The number of rotatable bonds is 4. The van der Waals surface area contributed by atoms with Gasteiger partial charge in [0.05, 0.1) is 6.61 Å². The lowest BCUT2D eigenvalue weighted by Gasteiger charge is -2.32. The average molecular weight is 382 g/mol. The van der Waals surface area contributed by atoms with Crippen molar-refractivity contribution in [3.05, 3.63) is 48.3 Å². The van der Waals surface area contributed by atoms with E-state index in [-0.39, 0.29) is 23.8 Å². The van der Waals surface area contributed by atoms with Crippen molar-refractivity contribution >= 4 is 17.5 Å². The van der Waals surface area contributed by atoms with Gasteiger partial charge in [0.25, 0.3) is 11.8 Å². The van der Waals surface area contributed by atoms with E-state index in [0.717, 1.165) is 25.1 Å². The molecule has 2 aliphatic rings. The van der Waals surface area contributed by atoms with Crippen LogP contribution >= 0.6 is 0 Å². The largest absolute Gasteiger partial charge is 0.371 e.